The number of fused-ring (bicyclic) bond motifs is 1. The fourth-order valence-electron chi connectivity index (χ4n) is 6.22. The maximum Gasteiger partial charge on any atom is 0.481 e. The molecule has 2 aromatic heterocycles. The molecule has 0 saturated carbocycles. The molecule has 0 aliphatic carbocycles. The monoisotopic (exact) mass is 1040 g/mol. The van der Waals surface area contributed by atoms with Crippen LogP contribution >= 0.6 is 35.2 Å². The number of nitrogens with two attached hydrogens (primary N) is 2. The van der Waals surface area contributed by atoms with Gasteiger partial charge in [0.15, 0.2) is 29.6 Å². The number of carbonyl (C=O) groups excluding carboxylic acids is 4. The van der Waals surface area contributed by atoms with Gasteiger partial charge in [-0.2, -0.15) is 4.31 Å². The predicted octanol–water partition coefficient (Wildman–Crippen LogP) is -4.51. The average Bonchev–Trinajstić information content (AvgIpc) is 3.80. The van der Waals surface area contributed by atoms with E-state index in [4.69, 9.17) is 30.0 Å². The summed E-state index contributed by atoms with van der Waals surface area (Å²) in [6.07, 6.45) is -12.5. The van der Waals surface area contributed by atoms with E-state index in [1.165, 1.54) is 13.8 Å². The molecule has 4 heterocycles. The maximum atomic E-state index is 12.8. The first-order valence-corrected chi connectivity index (χ1v) is 25.0. The predicted molar refractivity (Wildman–Crippen MR) is 225 cm³/mol. The van der Waals surface area contributed by atoms with Crippen LogP contribution in [0.5, 0.6) is 0 Å². The lowest BCUT2D eigenvalue weighted by atomic mass is 9.87. The number of aliphatic hydroxyl groups is 5. The number of nitrogen functional groups attached to an aromatic ring is 1. The van der Waals surface area contributed by atoms with Crippen molar-refractivity contribution in [2.24, 2.45) is 11.1 Å². The van der Waals surface area contributed by atoms with Crippen molar-refractivity contribution < 1.29 is 105 Å². The Balaban J connectivity index is 1.20. The van der Waals surface area contributed by atoms with E-state index in [1.807, 2.05) is 0 Å². The van der Waals surface area contributed by atoms with Crippen LogP contribution in [0.4, 0.5) is 5.82 Å². The number of nitrogens with zero attached hydrogens (tertiary/aromatic N) is 4. The number of nitrogens with one attached hydrogen (secondary N) is 3. The van der Waals surface area contributed by atoms with Gasteiger partial charge < -0.3 is 82.0 Å². The third-order valence-corrected chi connectivity index (χ3v) is 13.6. The summed E-state index contributed by atoms with van der Waals surface area (Å²) >= 11 is 0.661. The first kappa shape index (κ1) is 56.0. The largest absolute Gasteiger partial charge is 0.481 e. The summed E-state index contributed by atoms with van der Waals surface area (Å²) < 4.78 is 67.8. The molecule has 0 radical (unpaired) electrons. The number of ether oxygens (including phenoxy) is 2. The molecule has 67 heavy (non-hydrogen) atoms. The van der Waals surface area contributed by atoms with Crippen molar-refractivity contribution >= 4 is 75.0 Å². The van der Waals surface area contributed by atoms with Crippen LogP contribution in [0.2, 0.25) is 0 Å². The number of carbonyl (C=O) groups is 4. The fraction of sp³-hybridized carbons (Fsp3) is 0.656. The molecule has 2 aliphatic heterocycles. The summed E-state index contributed by atoms with van der Waals surface area (Å²) in [5, 5.41) is 59.0. The zero-order valence-corrected chi connectivity index (χ0v) is 39.0. The van der Waals surface area contributed by atoms with Crippen molar-refractivity contribution in [3.63, 3.8) is 0 Å². The van der Waals surface area contributed by atoms with Crippen molar-refractivity contribution in [1.29, 1.82) is 0 Å². The van der Waals surface area contributed by atoms with Crippen LogP contribution in [0.25, 0.3) is 11.2 Å². The van der Waals surface area contributed by atoms with Gasteiger partial charge in [-0.25, -0.2) is 28.6 Å². The Hall–Kier alpha value is -3.59. The van der Waals surface area contributed by atoms with Crippen molar-refractivity contribution in [3.8, 4) is 0 Å². The molecule has 16 N–H and O–H groups in total. The minimum absolute atomic E-state index is 0.00585. The number of anilines is 1. The van der Waals surface area contributed by atoms with E-state index in [2.05, 4.69) is 39.7 Å². The van der Waals surface area contributed by atoms with Gasteiger partial charge in [0.2, 0.25) is 17.7 Å². The van der Waals surface area contributed by atoms with Crippen LogP contribution < -0.4 is 27.4 Å². The Morgan fingerprint density at radius 2 is 1.67 bits per heavy atom. The van der Waals surface area contributed by atoms with E-state index in [1.54, 1.807) is 0 Å². The summed E-state index contributed by atoms with van der Waals surface area (Å²) in [6.45, 7) is 0.626. The molecule has 1 saturated heterocycles. The molecule has 2 aliphatic rings. The van der Waals surface area contributed by atoms with Crippen molar-refractivity contribution in [2.45, 2.75) is 88.3 Å². The minimum Gasteiger partial charge on any atom is -0.481 e. The first-order valence-electron chi connectivity index (χ1n) is 19.5. The van der Waals surface area contributed by atoms with Crippen LogP contribution in [0.3, 0.4) is 0 Å². The summed E-state index contributed by atoms with van der Waals surface area (Å²) in [7, 11) is -16.6. The molecule has 1 fully saturated rings. The minimum atomic E-state index is -5.63. The number of amides is 3. The van der Waals surface area contributed by atoms with Crippen molar-refractivity contribution in [2.75, 3.05) is 44.3 Å². The SMILES string of the molecule is CC(=O)NC1C(O)C=C(C(=O)SCCNC(=O)CCNC(=O)C(O)C(C)(C)COP(=O)(O)OP(=O)(O)OCC2OC(n3cnc4c(N)ncnc43)C(O)C2OP(=O)(O)O)OC1C(O)C(O)CN. The van der Waals surface area contributed by atoms with Crippen LogP contribution in [0.1, 0.15) is 33.4 Å². The molecular weight excluding hydrogens is 987 g/mol. The van der Waals surface area contributed by atoms with E-state index >= 15 is 0 Å². The molecule has 378 valence electrons. The Bertz CT molecular complexity index is 2270. The van der Waals surface area contributed by atoms with Crippen LogP contribution in [-0.2, 0) is 60.2 Å². The Morgan fingerprint density at radius 3 is 2.31 bits per heavy atom. The van der Waals surface area contributed by atoms with E-state index in [-0.39, 0.29) is 48.0 Å². The lowest BCUT2D eigenvalue weighted by molar-refractivity contribution is -0.137. The number of rotatable bonds is 24. The number of phosphoric acid groups is 3. The second-order valence-corrected chi connectivity index (χ2v) is 20.6. The zero-order chi connectivity index (χ0) is 50.2. The Morgan fingerprint density at radius 1 is 1.00 bits per heavy atom. The van der Waals surface area contributed by atoms with Crippen LogP contribution in [-0.4, -0.2) is 181 Å². The smallest absolute Gasteiger partial charge is 0.481 e. The molecule has 12 atom stereocenters. The molecule has 0 bridgehead atoms. The maximum absolute atomic E-state index is 12.8. The number of hydrogen-bond acceptors (Lipinski definition) is 24. The van der Waals surface area contributed by atoms with Gasteiger partial charge in [-0.15, -0.1) is 0 Å². The highest BCUT2D eigenvalue weighted by Crippen LogP contribution is 2.61. The summed E-state index contributed by atoms with van der Waals surface area (Å²) in [6, 6.07) is -1.22. The number of hydrogen-bond donors (Lipinski definition) is 14. The molecule has 4 rings (SSSR count). The van der Waals surface area contributed by atoms with E-state index in [9.17, 15) is 78.0 Å². The van der Waals surface area contributed by atoms with E-state index < -0.39 is 133 Å². The number of thioether (sulfide) groups is 1. The molecule has 31 nitrogen and oxygen atoms in total. The second-order valence-electron chi connectivity index (χ2n) is 15.3. The van der Waals surface area contributed by atoms with Gasteiger partial charge in [0.1, 0.15) is 42.4 Å². The number of imidazole rings is 1. The van der Waals surface area contributed by atoms with Gasteiger partial charge >= 0.3 is 23.5 Å². The van der Waals surface area contributed by atoms with E-state index in [0.717, 1.165) is 30.2 Å². The van der Waals surface area contributed by atoms with Gasteiger partial charge in [0, 0.05) is 44.1 Å². The molecule has 2 aromatic rings. The number of aliphatic hydroxyl groups excluding tert-OH is 5. The lowest BCUT2D eigenvalue weighted by Crippen LogP contribution is -2.60. The molecule has 0 aromatic carbocycles. The summed E-state index contributed by atoms with van der Waals surface area (Å²) in [5.41, 5.74) is 9.53. The fourth-order valence-corrected chi connectivity index (χ4v) is 9.69. The van der Waals surface area contributed by atoms with Gasteiger partial charge in [-0.05, 0) is 6.08 Å². The standard InChI is InChI=1S/C32H52N9O22P3S/c1-14(42)40-20-15(43)8-17(60-25(20)22(46)16(44)9-33)31(50)67-7-6-35-19(45)4-5-36-29(49)26(48)32(2,3)11-59-66(56,57)63-65(54,55)58-10-18-24(62-64(51,52)53)23(47)30(61-18)41-13-39-21-27(34)37-12-38-28(21)41/h8,12-13,15-16,18,20,22-26,30,43-44,46-48H,4-7,9-11,33H2,1-3H3,(H,35,45)(H,36,49)(H,40,42)(H,54,55)(H,56,57)(H2,34,37,38)(H2,51,52,53). The highest BCUT2D eigenvalue weighted by atomic mass is 32.2. The normalized spacial score (nSPS) is 25.4. The third kappa shape index (κ3) is 15.7. The van der Waals surface area contributed by atoms with Crippen molar-refractivity contribution in [1.82, 2.24) is 35.5 Å². The summed E-state index contributed by atoms with van der Waals surface area (Å²) in [5.74, 6) is -2.72. The molecule has 35 heteroatoms. The van der Waals surface area contributed by atoms with Crippen molar-refractivity contribution in [3.05, 3.63) is 24.5 Å². The van der Waals surface area contributed by atoms with Gasteiger partial charge in [-0.3, -0.25) is 37.3 Å². The second kappa shape index (κ2) is 23.3. The number of aromatic nitrogens is 4. The molecular formula is C32H52N9O22P3S. The highest BCUT2D eigenvalue weighted by molar-refractivity contribution is 8.14. The quantitative estimate of drug-likeness (QED) is 0.0348. The summed E-state index contributed by atoms with van der Waals surface area (Å²) in [4.78, 5) is 101. The lowest BCUT2D eigenvalue weighted by Gasteiger charge is -2.38. The van der Waals surface area contributed by atoms with Gasteiger partial charge in [0.25, 0.3) is 5.12 Å². The highest BCUT2D eigenvalue weighted by Gasteiger charge is 2.50. The average molecular weight is 1040 g/mol. The Kier molecular flexibility index (Phi) is 19.5. The molecule has 0 spiro atoms. The van der Waals surface area contributed by atoms with Crippen LogP contribution in [0.15, 0.2) is 24.5 Å². The third-order valence-electron chi connectivity index (χ3n) is 9.59. The topological polar surface area (TPSA) is 489 Å². The number of phosphoric ester groups is 3. The van der Waals surface area contributed by atoms with Crippen LogP contribution in [0, 0.1) is 5.41 Å². The first-order chi connectivity index (χ1) is 31.1. The van der Waals surface area contributed by atoms with E-state index in [0.29, 0.717) is 11.8 Å². The van der Waals surface area contributed by atoms with Gasteiger partial charge in [-0.1, -0.05) is 25.6 Å². The molecule has 3 amide bonds. The zero-order valence-electron chi connectivity index (χ0n) is 35.5. The van der Waals surface area contributed by atoms with Gasteiger partial charge in [0.05, 0.1) is 37.8 Å². The molecule has 12 unspecified atom stereocenters. The Labute approximate surface area is 383 Å².